The molecule has 7 heteroatoms. The number of carbonyl (C=O) groups excluding carboxylic acids is 2. The minimum absolute atomic E-state index is 0.0469. The van der Waals surface area contributed by atoms with E-state index in [-0.39, 0.29) is 18.6 Å². The van der Waals surface area contributed by atoms with Crippen molar-refractivity contribution in [2.45, 2.75) is 12.5 Å². The van der Waals surface area contributed by atoms with E-state index in [1.54, 1.807) is 17.2 Å². The molecule has 0 saturated carbocycles. The van der Waals surface area contributed by atoms with Crippen LogP contribution in [0.5, 0.6) is 5.88 Å². The van der Waals surface area contributed by atoms with Gasteiger partial charge in [0, 0.05) is 25.2 Å². The van der Waals surface area contributed by atoms with Crippen LogP contribution in [-0.4, -0.2) is 65.7 Å². The summed E-state index contributed by atoms with van der Waals surface area (Å²) in [5, 5.41) is 0. The number of ether oxygens (including phenoxy) is 2. The normalized spacial score (nSPS) is 21.5. The molecular formula is C14H17N3O4. The summed E-state index contributed by atoms with van der Waals surface area (Å²) in [7, 11) is 0. The maximum absolute atomic E-state index is 12.2. The van der Waals surface area contributed by atoms with Gasteiger partial charge in [0.25, 0.3) is 0 Å². The Kier molecular flexibility index (Phi) is 3.89. The van der Waals surface area contributed by atoms with E-state index >= 15 is 0 Å². The zero-order valence-corrected chi connectivity index (χ0v) is 11.6. The highest BCUT2D eigenvalue weighted by Crippen LogP contribution is 2.16. The number of rotatable bonds is 4. The van der Waals surface area contributed by atoms with Crippen LogP contribution in [0.1, 0.15) is 6.42 Å². The van der Waals surface area contributed by atoms with Crippen molar-refractivity contribution in [3.63, 3.8) is 0 Å². The molecule has 21 heavy (non-hydrogen) atoms. The molecule has 1 atom stereocenters. The number of likely N-dealkylation sites (tertiary alicyclic amines) is 1. The summed E-state index contributed by atoms with van der Waals surface area (Å²) in [5.41, 5.74) is 0. The van der Waals surface area contributed by atoms with Crippen LogP contribution >= 0.6 is 0 Å². The average molecular weight is 291 g/mol. The highest BCUT2D eigenvalue weighted by atomic mass is 16.6. The predicted molar refractivity (Wildman–Crippen MR) is 72.8 cm³/mol. The lowest BCUT2D eigenvalue weighted by atomic mass is 10.3. The third kappa shape index (κ3) is 3.24. The van der Waals surface area contributed by atoms with E-state index in [0.29, 0.717) is 32.1 Å². The van der Waals surface area contributed by atoms with E-state index in [1.165, 1.54) is 4.90 Å². The Hall–Kier alpha value is -2.31. The van der Waals surface area contributed by atoms with Crippen LogP contribution in [0.4, 0.5) is 4.79 Å². The first-order valence-corrected chi connectivity index (χ1v) is 6.99. The van der Waals surface area contributed by atoms with E-state index in [4.69, 9.17) is 9.47 Å². The predicted octanol–water partition coefficient (Wildman–Crippen LogP) is 0.513. The van der Waals surface area contributed by atoms with Crippen molar-refractivity contribution in [2.75, 3.05) is 32.8 Å². The molecular weight excluding hydrogens is 274 g/mol. The zero-order chi connectivity index (χ0) is 14.7. The number of nitrogens with zero attached hydrogens (tertiary/aromatic N) is 3. The highest BCUT2D eigenvalue weighted by Gasteiger charge is 2.31. The lowest BCUT2D eigenvalue weighted by Gasteiger charge is -2.19. The quantitative estimate of drug-likeness (QED) is 0.808. The van der Waals surface area contributed by atoms with Crippen molar-refractivity contribution in [3.05, 3.63) is 24.4 Å². The van der Waals surface area contributed by atoms with Gasteiger partial charge in [0.1, 0.15) is 19.3 Å². The number of amides is 2. The zero-order valence-electron chi connectivity index (χ0n) is 11.6. The number of carbonyl (C=O) groups is 2. The summed E-state index contributed by atoms with van der Waals surface area (Å²) in [4.78, 5) is 30.7. The largest absolute Gasteiger partial charge is 0.472 e. The minimum Gasteiger partial charge on any atom is -0.472 e. The molecule has 0 bridgehead atoms. The van der Waals surface area contributed by atoms with Gasteiger partial charge in [0.05, 0.1) is 13.1 Å². The SMILES string of the molecule is O=C(CN1CCOC1=O)N1CC[C@@H](Oc2ccccn2)C1. The fraction of sp³-hybridized carbons (Fsp3) is 0.500. The van der Waals surface area contributed by atoms with Crippen molar-refractivity contribution < 1.29 is 19.1 Å². The monoisotopic (exact) mass is 291 g/mol. The van der Waals surface area contributed by atoms with Crippen LogP contribution < -0.4 is 4.74 Å². The minimum atomic E-state index is -0.413. The van der Waals surface area contributed by atoms with Gasteiger partial charge in [-0.1, -0.05) is 6.07 Å². The number of pyridine rings is 1. The topological polar surface area (TPSA) is 72.0 Å². The fourth-order valence-corrected chi connectivity index (χ4v) is 2.47. The Balaban J connectivity index is 1.50. The van der Waals surface area contributed by atoms with Crippen molar-refractivity contribution in [1.29, 1.82) is 0 Å². The number of cyclic esters (lactones) is 1. The molecule has 2 aliphatic heterocycles. The van der Waals surface area contributed by atoms with E-state index in [0.717, 1.165) is 6.42 Å². The van der Waals surface area contributed by atoms with Crippen LogP contribution in [0.2, 0.25) is 0 Å². The van der Waals surface area contributed by atoms with Crippen LogP contribution in [-0.2, 0) is 9.53 Å². The van der Waals surface area contributed by atoms with Gasteiger partial charge in [-0.3, -0.25) is 9.69 Å². The highest BCUT2D eigenvalue weighted by molar-refractivity contribution is 5.83. The smallest absolute Gasteiger partial charge is 0.410 e. The fourth-order valence-electron chi connectivity index (χ4n) is 2.47. The van der Waals surface area contributed by atoms with Crippen molar-refractivity contribution in [2.24, 2.45) is 0 Å². The maximum atomic E-state index is 12.2. The summed E-state index contributed by atoms with van der Waals surface area (Å²) in [6, 6.07) is 5.48. The number of hydrogen-bond donors (Lipinski definition) is 0. The number of hydrogen-bond acceptors (Lipinski definition) is 5. The molecule has 3 heterocycles. The van der Waals surface area contributed by atoms with Crippen LogP contribution in [0, 0.1) is 0 Å². The molecule has 2 saturated heterocycles. The van der Waals surface area contributed by atoms with Crippen molar-refractivity contribution in [3.8, 4) is 5.88 Å². The third-order valence-electron chi connectivity index (χ3n) is 3.59. The molecule has 2 fully saturated rings. The van der Waals surface area contributed by atoms with Gasteiger partial charge in [-0.25, -0.2) is 9.78 Å². The third-order valence-corrected chi connectivity index (χ3v) is 3.59. The molecule has 0 aliphatic carbocycles. The molecule has 112 valence electrons. The van der Waals surface area contributed by atoms with Crippen molar-refractivity contribution in [1.82, 2.24) is 14.8 Å². The Bertz CT molecular complexity index is 522. The van der Waals surface area contributed by atoms with E-state index in [2.05, 4.69) is 4.98 Å². The Labute approximate surface area is 122 Å². The first-order valence-electron chi connectivity index (χ1n) is 6.99. The molecule has 0 aromatic carbocycles. The first kappa shape index (κ1) is 13.7. The lowest BCUT2D eigenvalue weighted by molar-refractivity contribution is -0.130. The van der Waals surface area contributed by atoms with Gasteiger partial charge in [-0.05, 0) is 6.07 Å². The molecule has 0 spiro atoms. The Morgan fingerprint density at radius 1 is 1.43 bits per heavy atom. The van der Waals surface area contributed by atoms with Gasteiger partial charge in [0.2, 0.25) is 11.8 Å². The van der Waals surface area contributed by atoms with Gasteiger partial charge in [-0.15, -0.1) is 0 Å². The average Bonchev–Trinajstić information content (AvgIpc) is 3.10. The van der Waals surface area contributed by atoms with Gasteiger partial charge in [0.15, 0.2) is 0 Å². The van der Waals surface area contributed by atoms with E-state index in [1.807, 2.05) is 12.1 Å². The molecule has 2 amide bonds. The second-order valence-corrected chi connectivity index (χ2v) is 5.07. The summed E-state index contributed by atoms with van der Waals surface area (Å²) >= 11 is 0. The van der Waals surface area contributed by atoms with Gasteiger partial charge in [-0.2, -0.15) is 0 Å². The Morgan fingerprint density at radius 2 is 2.33 bits per heavy atom. The molecule has 0 unspecified atom stereocenters. The molecule has 1 aromatic rings. The molecule has 0 N–H and O–H groups in total. The summed E-state index contributed by atoms with van der Waals surface area (Å²) in [6.07, 6.45) is 1.98. The van der Waals surface area contributed by atoms with Crippen LogP contribution in [0.3, 0.4) is 0 Å². The van der Waals surface area contributed by atoms with E-state index < -0.39 is 6.09 Å². The summed E-state index contributed by atoms with van der Waals surface area (Å²) in [6.45, 7) is 2.08. The second-order valence-electron chi connectivity index (χ2n) is 5.07. The molecule has 0 radical (unpaired) electrons. The summed E-state index contributed by atoms with van der Waals surface area (Å²) < 4.78 is 10.5. The summed E-state index contributed by atoms with van der Waals surface area (Å²) in [5.74, 6) is 0.501. The van der Waals surface area contributed by atoms with Gasteiger partial charge < -0.3 is 14.4 Å². The Morgan fingerprint density at radius 3 is 3.05 bits per heavy atom. The first-order chi connectivity index (χ1) is 10.2. The molecule has 2 aliphatic rings. The van der Waals surface area contributed by atoms with Crippen LogP contribution in [0.15, 0.2) is 24.4 Å². The van der Waals surface area contributed by atoms with Crippen molar-refractivity contribution >= 4 is 12.0 Å². The molecule has 1 aromatic heterocycles. The molecule has 7 nitrogen and oxygen atoms in total. The molecule has 3 rings (SSSR count). The van der Waals surface area contributed by atoms with Crippen LogP contribution in [0.25, 0.3) is 0 Å². The number of aromatic nitrogens is 1. The standard InChI is InChI=1S/C14H17N3O4/c18-13(10-17-7-8-20-14(17)19)16-6-4-11(9-16)21-12-3-1-2-5-15-12/h1-3,5,11H,4,6-10H2/t11-/m1/s1. The van der Waals surface area contributed by atoms with E-state index in [9.17, 15) is 9.59 Å². The lowest BCUT2D eigenvalue weighted by Crippen LogP contribution is -2.40. The maximum Gasteiger partial charge on any atom is 0.410 e. The second kappa shape index (κ2) is 5.99. The van der Waals surface area contributed by atoms with Gasteiger partial charge >= 0.3 is 6.09 Å².